The van der Waals surface area contributed by atoms with Gasteiger partial charge < -0.3 is 15.2 Å². The normalized spacial score (nSPS) is 14.1. The van der Waals surface area contributed by atoms with Gasteiger partial charge in [0.2, 0.25) is 0 Å². The number of hydrogen-bond acceptors (Lipinski definition) is 5. The van der Waals surface area contributed by atoms with Gasteiger partial charge in [-0.3, -0.25) is 0 Å². The fourth-order valence-electron chi connectivity index (χ4n) is 1.55. The lowest BCUT2D eigenvalue weighted by molar-refractivity contribution is 0.00394. The molecular formula is C14H26N2O2S. The minimum Gasteiger partial charge on any atom is -0.389 e. The Labute approximate surface area is 120 Å². The molecule has 0 aliphatic heterocycles. The van der Waals surface area contributed by atoms with Gasteiger partial charge in [0.15, 0.2) is 0 Å². The number of thiazole rings is 1. The van der Waals surface area contributed by atoms with Crippen LogP contribution in [0.2, 0.25) is 0 Å². The van der Waals surface area contributed by atoms with Crippen molar-refractivity contribution >= 4 is 11.3 Å². The second-order valence-electron chi connectivity index (χ2n) is 5.70. The molecule has 0 aliphatic carbocycles. The molecule has 0 saturated carbocycles. The summed E-state index contributed by atoms with van der Waals surface area (Å²) in [6, 6.07) is 0. The largest absolute Gasteiger partial charge is 0.389 e. The molecule has 5 heteroatoms. The minimum atomic E-state index is -0.496. The van der Waals surface area contributed by atoms with Crippen LogP contribution in [-0.2, 0) is 10.3 Å². The zero-order valence-corrected chi connectivity index (χ0v) is 13.6. The van der Waals surface area contributed by atoms with Crippen molar-refractivity contribution in [3.63, 3.8) is 0 Å². The number of aliphatic hydroxyl groups is 1. The van der Waals surface area contributed by atoms with E-state index in [2.05, 4.69) is 31.1 Å². The molecule has 0 spiro atoms. The Morgan fingerprint density at radius 1 is 1.37 bits per heavy atom. The zero-order valence-electron chi connectivity index (χ0n) is 12.8. The van der Waals surface area contributed by atoms with Gasteiger partial charge in [-0.15, -0.1) is 11.3 Å². The highest BCUT2D eigenvalue weighted by molar-refractivity contribution is 7.11. The quantitative estimate of drug-likeness (QED) is 0.808. The van der Waals surface area contributed by atoms with E-state index in [4.69, 9.17) is 4.74 Å². The maximum absolute atomic E-state index is 9.86. The highest BCUT2D eigenvalue weighted by Gasteiger charge is 2.25. The second-order valence-corrected chi connectivity index (χ2v) is 6.91. The summed E-state index contributed by atoms with van der Waals surface area (Å²) >= 11 is 1.70. The third-order valence-electron chi connectivity index (χ3n) is 2.96. The Kier molecular flexibility index (Phi) is 5.92. The Morgan fingerprint density at radius 3 is 2.47 bits per heavy atom. The average Bonchev–Trinajstić information content (AvgIpc) is 2.65. The molecule has 0 aliphatic rings. The molecule has 1 aromatic heterocycles. The van der Waals surface area contributed by atoms with Crippen molar-refractivity contribution < 1.29 is 9.84 Å². The number of ether oxygens (including phenoxy) is 1. The van der Waals surface area contributed by atoms with Gasteiger partial charge in [-0.2, -0.15) is 0 Å². The van der Waals surface area contributed by atoms with Crippen molar-refractivity contribution in [2.75, 3.05) is 13.2 Å². The van der Waals surface area contributed by atoms with Crippen molar-refractivity contribution in [3.05, 3.63) is 15.6 Å². The van der Waals surface area contributed by atoms with Crippen LogP contribution in [0.4, 0.5) is 0 Å². The van der Waals surface area contributed by atoms with Crippen molar-refractivity contribution in [2.45, 2.75) is 59.3 Å². The fourth-order valence-corrected chi connectivity index (χ4v) is 2.54. The number of nitrogens with zero attached hydrogens (tertiary/aromatic N) is 1. The average molecular weight is 286 g/mol. The van der Waals surface area contributed by atoms with Crippen LogP contribution in [0.5, 0.6) is 0 Å². The summed E-state index contributed by atoms with van der Waals surface area (Å²) in [4.78, 5) is 5.82. The van der Waals surface area contributed by atoms with Gasteiger partial charge in [0, 0.05) is 11.4 Å². The predicted molar refractivity (Wildman–Crippen MR) is 79.7 cm³/mol. The highest BCUT2D eigenvalue weighted by atomic mass is 32.1. The lowest BCUT2D eigenvalue weighted by atomic mass is 10.1. The topological polar surface area (TPSA) is 54.4 Å². The fraction of sp³-hybridized carbons (Fsp3) is 0.786. The Bertz CT molecular complexity index is 383. The molecule has 0 aromatic carbocycles. The highest BCUT2D eigenvalue weighted by Crippen LogP contribution is 2.27. The first-order chi connectivity index (χ1) is 8.72. The summed E-state index contributed by atoms with van der Waals surface area (Å²) in [5, 5.41) is 14.3. The van der Waals surface area contributed by atoms with E-state index in [1.54, 1.807) is 11.3 Å². The van der Waals surface area contributed by atoms with Crippen LogP contribution in [0.3, 0.4) is 0 Å². The lowest BCUT2D eigenvalue weighted by Crippen LogP contribution is -2.42. The molecule has 2 N–H and O–H groups in total. The summed E-state index contributed by atoms with van der Waals surface area (Å²) in [6.45, 7) is 13.1. The summed E-state index contributed by atoms with van der Waals surface area (Å²) in [5.41, 5.74) is 0.848. The van der Waals surface area contributed by atoms with Crippen LogP contribution in [0.15, 0.2) is 0 Å². The van der Waals surface area contributed by atoms with Crippen LogP contribution < -0.4 is 5.32 Å². The van der Waals surface area contributed by atoms with Gasteiger partial charge in [0.25, 0.3) is 0 Å². The maximum Gasteiger partial charge on any atom is 0.113 e. The number of rotatable bonds is 7. The summed E-state index contributed by atoms with van der Waals surface area (Å²) in [5.74, 6) is 0. The van der Waals surface area contributed by atoms with Crippen molar-refractivity contribution in [1.29, 1.82) is 0 Å². The standard InChI is InChI=1S/C14H26N2O2S/c1-9(2)18-8-12(17)7-15-14(5,6)13-16-10(3)11(4)19-13/h9,12,15,17H,7-8H2,1-6H3. The number of aryl methyl sites for hydroxylation is 2. The molecule has 1 unspecified atom stereocenters. The molecule has 0 fully saturated rings. The third kappa shape index (κ3) is 5.18. The van der Waals surface area contributed by atoms with Gasteiger partial charge in [-0.1, -0.05) is 0 Å². The van der Waals surface area contributed by atoms with E-state index in [0.29, 0.717) is 13.2 Å². The number of aliphatic hydroxyl groups excluding tert-OH is 1. The van der Waals surface area contributed by atoms with E-state index >= 15 is 0 Å². The molecular weight excluding hydrogens is 260 g/mol. The van der Waals surface area contributed by atoms with Gasteiger partial charge >= 0.3 is 0 Å². The van der Waals surface area contributed by atoms with Gasteiger partial charge in [-0.25, -0.2) is 4.98 Å². The lowest BCUT2D eigenvalue weighted by Gasteiger charge is -2.26. The van der Waals surface area contributed by atoms with Crippen LogP contribution in [0, 0.1) is 13.8 Å². The summed E-state index contributed by atoms with van der Waals surface area (Å²) in [6.07, 6.45) is -0.351. The van der Waals surface area contributed by atoms with Crippen LogP contribution in [0.25, 0.3) is 0 Å². The monoisotopic (exact) mass is 286 g/mol. The zero-order chi connectivity index (χ0) is 14.6. The SMILES string of the molecule is Cc1nc(C(C)(C)NCC(O)COC(C)C)sc1C. The molecule has 0 radical (unpaired) electrons. The maximum atomic E-state index is 9.86. The van der Waals surface area contributed by atoms with Crippen molar-refractivity contribution in [1.82, 2.24) is 10.3 Å². The molecule has 19 heavy (non-hydrogen) atoms. The number of hydrogen-bond donors (Lipinski definition) is 2. The molecule has 0 bridgehead atoms. The molecule has 110 valence electrons. The Morgan fingerprint density at radius 2 is 2.00 bits per heavy atom. The molecule has 4 nitrogen and oxygen atoms in total. The van der Waals surface area contributed by atoms with E-state index in [9.17, 15) is 5.11 Å². The van der Waals surface area contributed by atoms with E-state index < -0.39 is 6.10 Å². The number of aromatic nitrogens is 1. The summed E-state index contributed by atoms with van der Waals surface area (Å²) < 4.78 is 5.39. The van der Waals surface area contributed by atoms with Gasteiger partial charge in [0.05, 0.1) is 30.0 Å². The summed E-state index contributed by atoms with van der Waals surface area (Å²) in [7, 11) is 0. The molecule has 0 amide bonds. The van der Waals surface area contributed by atoms with Gasteiger partial charge in [-0.05, 0) is 41.5 Å². The van der Waals surface area contributed by atoms with Crippen LogP contribution in [-0.4, -0.2) is 35.5 Å². The molecule has 0 saturated heterocycles. The first kappa shape index (κ1) is 16.6. The molecule has 1 rings (SSSR count). The smallest absolute Gasteiger partial charge is 0.113 e. The van der Waals surface area contributed by atoms with Crippen molar-refractivity contribution in [2.24, 2.45) is 0 Å². The first-order valence-corrected chi connectivity index (χ1v) is 7.53. The third-order valence-corrected chi connectivity index (χ3v) is 4.36. The van der Waals surface area contributed by atoms with E-state index in [1.807, 2.05) is 20.8 Å². The number of nitrogens with one attached hydrogen (secondary N) is 1. The predicted octanol–water partition coefficient (Wildman–Crippen LogP) is 2.37. The van der Waals surface area contributed by atoms with E-state index in [1.165, 1.54) is 4.88 Å². The minimum absolute atomic E-state index is 0.145. The molecule has 1 atom stereocenters. The van der Waals surface area contributed by atoms with E-state index in [-0.39, 0.29) is 11.6 Å². The molecule has 1 aromatic rings. The first-order valence-electron chi connectivity index (χ1n) is 6.71. The Balaban J connectivity index is 2.50. The van der Waals surface area contributed by atoms with Crippen LogP contribution in [0.1, 0.15) is 43.3 Å². The van der Waals surface area contributed by atoms with Crippen LogP contribution >= 0.6 is 11.3 Å². The van der Waals surface area contributed by atoms with Crippen molar-refractivity contribution in [3.8, 4) is 0 Å². The van der Waals surface area contributed by atoms with Gasteiger partial charge in [0.1, 0.15) is 5.01 Å². The molecule has 1 heterocycles. The second kappa shape index (κ2) is 6.79. The Hall–Kier alpha value is -0.490. The van der Waals surface area contributed by atoms with E-state index in [0.717, 1.165) is 10.7 Å².